The van der Waals surface area contributed by atoms with Crippen LogP contribution in [0, 0.1) is 0 Å². The molecule has 90 valence electrons. The fourth-order valence-electron chi connectivity index (χ4n) is 1.20. The minimum atomic E-state index is -3.66. The molecule has 4 nitrogen and oxygen atoms in total. The van der Waals surface area contributed by atoms with Gasteiger partial charge in [-0.05, 0) is 18.6 Å². The summed E-state index contributed by atoms with van der Waals surface area (Å²) >= 11 is 5.80. The van der Waals surface area contributed by atoms with Gasteiger partial charge in [0.15, 0.2) is 0 Å². The lowest BCUT2D eigenvalue weighted by Crippen LogP contribution is -2.37. The van der Waals surface area contributed by atoms with Gasteiger partial charge in [0.25, 0.3) is 0 Å². The third kappa shape index (κ3) is 3.18. The van der Waals surface area contributed by atoms with Crippen LogP contribution in [0.1, 0.15) is 13.3 Å². The maximum atomic E-state index is 11.9. The summed E-state index contributed by atoms with van der Waals surface area (Å²) in [6.45, 7) is 1.55. The molecule has 1 aromatic rings. The summed E-state index contributed by atoms with van der Waals surface area (Å²) < 4.78 is 26.1. The van der Waals surface area contributed by atoms with Gasteiger partial charge in [-0.3, -0.25) is 0 Å². The van der Waals surface area contributed by atoms with Crippen molar-refractivity contribution < 1.29 is 13.5 Å². The van der Waals surface area contributed by atoms with Crippen molar-refractivity contribution >= 4 is 21.6 Å². The Morgan fingerprint density at radius 3 is 2.56 bits per heavy atom. The van der Waals surface area contributed by atoms with Crippen LogP contribution in [0.3, 0.4) is 0 Å². The van der Waals surface area contributed by atoms with E-state index in [0.717, 1.165) is 0 Å². The molecule has 0 fully saturated rings. The monoisotopic (exact) mass is 263 g/mol. The second kappa shape index (κ2) is 5.63. The average Bonchev–Trinajstić information content (AvgIpc) is 2.26. The van der Waals surface area contributed by atoms with Crippen LogP contribution in [0.5, 0.6) is 0 Å². The number of benzene rings is 1. The number of halogens is 1. The lowest BCUT2D eigenvalue weighted by molar-refractivity contribution is 0.254. The van der Waals surface area contributed by atoms with E-state index in [0.29, 0.717) is 6.42 Å². The molecule has 0 aliphatic rings. The fraction of sp³-hybridized carbons (Fsp3) is 0.400. The van der Waals surface area contributed by atoms with E-state index in [-0.39, 0.29) is 16.5 Å². The molecular weight excluding hydrogens is 250 g/mol. The van der Waals surface area contributed by atoms with Crippen molar-refractivity contribution in [3.63, 3.8) is 0 Å². The molecule has 0 radical (unpaired) electrons. The normalized spacial score (nSPS) is 13.7. The van der Waals surface area contributed by atoms with Gasteiger partial charge in [-0.15, -0.1) is 0 Å². The summed E-state index contributed by atoms with van der Waals surface area (Å²) in [4.78, 5) is 0.0311. The summed E-state index contributed by atoms with van der Waals surface area (Å²) in [6, 6.07) is 5.71. The highest BCUT2D eigenvalue weighted by Crippen LogP contribution is 2.20. The molecule has 0 amide bonds. The van der Waals surface area contributed by atoms with Crippen LogP contribution >= 0.6 is 11.6 Å². The number of hydrogen-bond acceptors (Lipinski definition) is 3. The zero-order valence-electron chi connectivity index (χ0n) is 8.85. The van der Waals surface area contributed by atoms with E-state index >= 15 is 0 Å². The predicted molar refractivity (Wildman–Crippen MR) is 62.9 cm³/mol. The Bertz CT molecular complexity index is 443. The lowest BCUT2D eigenvalue weighted by Gasteiger charge is -2.14. The number of hydrogen-bond donors (Lipinski definition) is 2. The Kier molecular flexibility index (Phi) is 4.73. The van der Waals surface area contributed by atoms with Crippen LogP contribution in [-0.2, 0) is 10.0 Å². The summed E-state index contributed by atoms with van der Waals surface area (Å²) in [5, 5.41) is 9.11. The molecule has 0 spiro atoms. The quantitative estimate of drug-likeness (QED) is 0.844. The van der Waals surface area contributed by atoms with E-state index in [1.54, 1.807) is 19.1 Å². The molecule has 16 heavy (non-hydrogen) atoms. The Balaban J connectivity index is 2.99. The third-order valence-electron chi connectivity index (χ3n) is 2.16. The topological polar surface area (TPSA) is 66.4 Å². The van der Waals surface area contributed by atoms with Crippen LogP contribution in [0.4, 0.5) is 0 Å². The van der Waals surface area contributed by atoms with E-state index in [9.17, 15) is 8.42 Å². The molecule has 2 N–H and O–H groups in total. The molecule has 0 heterocycles. The van der Waals surface area contributed by atoms with Gasteiger partial charge in [0.1, 0.15) is 4.90 Å². The molecule has 6 heteroatoms. The summed E-state index contributed by atoms with van der Waals surface area (Å²) in [6.07, 6.45) is 0.514. The first-order chi connectivity index (χ1) is 7.51. The Labute approximate surface area is 100 Å². The first-order valence-corrected chi connectivity index (χ1v) is 6.75. The number of rotatable bonds is 5. The minimum absolute atomic E-state index is 0.0311. The highest BCUT2D eigenvalue weighted by Gasteiger charge is 2.20. The first-order valence-electron chi connectivity index (χ1n) is 4.89. The van der Waals surface area contributed by atoms with Crippen LogP contribution in [0.25, 0.3) is 0 Å². The molecule has 0 bridgehead atoms. The average molecular weight is 264 g/mol. The van der Waals surface area contributed by atoms with E-state index in [4.69, 9.17) is 16.7 Å². The van der Waals surface area contributed by atoms with Crippen molar-refractivity contribution in [1.29, 1.82) is 0 Å². The molecule has 0 saturated carbocycles. The zero-order valence-corrected chi connectivity index (χ0v) is 10.4. The molecular formula is C10H14ClNO3S. The number of aliphatic hydroxyl groups excluding tert-OH is 1. The highest BCUT2D eigenvalue weighted by atomic mass is 35.5. The van der Waals surface area contributed by atoms with Gasteiger partial charge in [-0.25, -0.2) is 13.1 Å². The number of aliphatic hydroxyl groups is 1. The van der Waals surface area contributed by atoms with Crippen LogP contribution < -0.4 is 4.72 Å². The van der Waals surface area contributed by atoms with E-state index < -0.39 is 16.1 Å². The van der Waals surface area contributed by atoms with Crippen LogP contribution in [-0.4, -0.2) is 26.2 Å². The standard InChI is InChI=1S/C10H14ClNO3S/c1-2-8(7-13)12-16(14,15)10-6-4-3-5-9(10)11/h3-6,8,12-13H,2,7H2,1H3. The summed E-state index contributed by atoms with van der Waals surface area (Å²) in [5.41, 5.74) is 0. The minimum Gasteiger partial charge on any atom is -0.395 e. The highest BCUT2D eigenvalue weighted by molar-refractivity contribution is 7.89. The van der Waals surface area contributed by atoms with Crippen molar-refractivity contribution in [1.82, 2.24) is 4.72 Å². The van der Waals surface area contributed by atoms with Crippen molar-refractivity contribution in [2.45, 2.75) is 24.3 Å². The van der Waals surface area contributed by atoms with E-state index in [2.05, 4.69) is 4.72 Å². The van der Waals surface area contributed by atoms with Gasteiger partial charge in [-0.2, -0.15) is 0 Å². The van der Waals surface area contributed by atoms with Crippen molar-refractivity contribution in [3.8, 4) is 0 Å². The Hall–Kier alpha value is -0.620. The van der Waals surface area contributed by atoms with Gasteiger partial charge < -0.3 is 5.11 Å². The summed E-state index contributed by atoms with van der Waals surface area (Å²) in [5.74, 6) is 0. The van der Waals surface area contributed by atoms with Crippen molar-refractivity contribution in [2.24, 2.45) is 0 Å². The van der Waals surface area contributed by atoms with Gasteiger partial charge in [-0.1, -0.05) is 30.7 Å². The van der Waals surface area contributed by atoms with Crippen molar-refractivity contribution in [2.75, 3.05) is 6.61 Å². The Morgan fingerprint density at radius 2 is 2.06 bits per heavy atom. The molecule has 1 unspecified atom stereocenters. The van der Waals surface area contributed by atoms with Gasteiger partial charge in [0.05, 0.1) is 11.6 Å². The van der Waals surface area contributed by atoms with Gasteiger partial charge in [0, 0.05) is 6.04 Å². The molecule has 0 aromatic heterocycles. The Morgan fingerprint density at radius 1 is 1.44 bits per heavy atom. The molecule has 0 saturated heterocycles. The SMILES string of the molecule is CCC(CO)NS(=O)(=O)c1ccccc1Cl. The first kappa shape index (κ1) is 13.4. The fourth-order valence-corrected chi connectivity index (χ4v) is 3.03. The second-order valence-electron chi connectivity index (χ2n) is 3.34. The van der Waals surface area contributed by atoms with E-state index in [1.807, 2.05) is 0 Å². The molecule has 0 aliphatic heterocycles. The van der Waals surface area contributed by atoms with Crippen LogP contribution in [0.2, 0.25) is 5.02 Å². The van der Waals surface area contributed by atoms with Gasteiger partial charge >= 0.3 is 0 Å². The lowest BCUT2D eigenvalue weighted by atomic mass is 10.3. The summed E-state index contributed by atoms with van der Waals surface area (Å²) in [7, 11) is -3.66. The number of nitrogens with one attached hydrogen (secondary N) is 1. The van der Waals surface area contributed by atoms with Gasteiger partial charge in [0.2, 0.25) is 10.0 Å². The maximum Gasteiger partial charge on any atom is 0.242 e. The molecule has 1 aromatic carbocycles. The van der Waals surface area contributed by atoms with Crippen LogP contribution in [0.15, 0.2) is 29.2 Å². The zero-order chi connectivity index (χ0) is 12.2. The molecule has 1 atom stereocenters. The largest absolute Gasteiger partial charge is 0.395 e. The van der Waals surface area contributed by atoms with E-state index in [1.165, 1.54) is 12.1 Å². The number of sulfonamides is 1. The van der Waals surface area contributed by atoms with Crippen molar-refractivity contribution in [3.05, 3.63) is 29.3 Å². The second-order valence-corrected chi connectivity index (χ2v) is 5.43. The smallest absolute Gasteiger partial charge is 0.242 e. The third-order valence-corrected chi connectivity index (χ3v) is 4.18. The molecule has 0 aliphatic carbocycles. The maximum absolute atomic E-state index is 11.9. The predicted octanol–water partition coefficient (Wildman–Crippen LogP) is 1.39. The molecule has 1 rings (SSSR count).